The van der Waals surface area contributed by atoms with Gasteiger partial charge in [-0.1, -0.05) is 31.9 Å². The van der Waals surface area contributed by atoms with Crippen molar-refractivity contribution in [1.82, 2.24) is 5.32 Å². The standard InChI is InChI=1S/C18H27NO/c1-2-19-17-6-4-3-5-15(17)9-7-14-8-10-18-16(13-14)11-12-20-18/h8,10,13,15,17,19H,2-7,9,11-12H2,1H3. The maximum Gasteiger partial charge on any atom is 0.122 e. The molecule has 2 atom stereocenters. The summed E-state index contributed by atoms with van der Waals surface area (Å²) in [4.78, 5) is 0. The van der Waals surface area contributed by atoms with E-state index in [2.05, 4.69) is 30.4 Å². The summed E-state index contributed by atoms with van der Waals surface area (Å²) in [5.74, 6) is 1.98. The molecule has 0 spiro atoms. The summed E-state index contributed by atoms with van der Waals surface area (Å²) in [6, 6.07) is 7.55. The van der Waals surface area contributed by atoms with Crippen LogP contribution in [0.4, 0.5) is 0 Å². The predicted octanol–water partition coefficient (Wildman–Crippen LogP) is 3.72. The van der Waals surface area contributed by atoms with Gasteiger partial charge in [0.2, 0.25) is 0 Å². The van der Waals surface area contributed by atoms with E-state index in [0.29, 0.717) is 0 Å². The van der Waals surface area contributed by atoms with Crippen LogP contribution in [0.1, 0.15) is 50.2 Å². The van der Waals surface area contributed by atoms with Crippen LogP contribution in [-0.4, -0.2) is 19.2 Å². The van der Waals surface area contributed by atoms with Crippen LogP contribution in [-0.2, 0) is 12.8 Å². The number of hydrogen-bond acceptors (Lipinski definition) is 2. The number of hydrogen-bond donors (Lipinski definition) is 1. The zero-order valence-electron chi connectivity index (χ0n) is 12.7. The normalized spacial score (nSPS) is 25.2. The van der Waals surface area contributed by atoms with Crippen molar-refractivity contribution in [2.24, 2.45) is 5.92 Å². The van der Waals surface area contributed by atoms with Crippen LogP contribution in [0.3, 0.4) is 0 Å². The second-order valence-electron chi connectivity index (χ2n) is 6.29. The Morgan fingerprint density at radius 1 is 1.25 bits per heavy atom. The Bertz CT molecular complexity index is 441. The molecule has 2 heteroatoms. The van der Waals surface area contributed by atoms with E-state index >= 15 is 0 Å². The Balaban J connectivity index is 1.57. The average molecular weight is 273 g/mol. The second-order valence-corrected chi connectivity index (χ2v) is 6.29. The van der Waals surface area contributed by atoms with Gasteiger partial charge in [-0.05, 0) is 55.3 Å². The molecule has 2 unspecified atom stereocenters. The highest BCUT2D eigenvalue weighted by Crippen LogP contribution is 2.30. The van der Waals surface area contributed by atoms with Gasteiger partial charge < -0.3 is 10.1 Å². The van der Waals surface area contributed by atoms with Crippen LogP contribution in [0, 0.1) is 5.92 Å². The number of nitrogens with one attached hydrogen (secondary N) is 1. The van der Waals surface area contributed by atoms with Gasteiger partial charge in [0.1, 0.15) is 5.75 Å². The molecule has 2 nitrogen and oxygen atoms in total. The third-order valence-corrected chi connectivity index (χ3v) is 4.93. The highest BCUT2D eigenvalue weighted by Gasteiger charge is 2.24. The largest absolute Gasteiger partial charge is 0.493 e. The van der Waals surface area contributed by atoms with E-state index in [-0.39, 0.29) is 0 Å². The van der Waals surface area contributed by atoms with Crippen LogP contribution in [0.2, 0.25) is 0 Å². The molecule has 1 aliphatic heterocycles. The molecular weight excluding hydrogens is 246 g/mol. The first-order valence-corrected chi connectivity index (χ1v) is 8.35. The molecule has 2 aliphatic rings. The summed E-state index contributed by atoms with van der Waals surface area (Å²) >= 11 is 0. The summed E-state index contributed by atoms with van der Waals surface area (Å²) in [6.45, 7) is 4.20. The van der Waals surface area contributed by atoms with E-state index in [0.717, 1.165) is 37.3 Å². The van der Waals surface area contributed by atoms with Gasteiger partial charge in [0.05, 0.1) is 6.61 Å². The number of fused-ring (bicyclic) bond motifs is 1. The Morgan fingerprint density at radius 3 is 3.05 bits per heavy atom. The maximum atomic E-state index is 5.59. The molecule has 110 valence electrons. The molecule has 0 bridgehead atoms. The Labute approximate surface area is 122 Å². The zero-order chi connectivity index (χ0) is 13.8. The molecule has 20 heavy (non-hydrogen) atoms. The van der Waals surface area contributed by atoms with Crippen molar-refractivity contribution in [2.45, 2.75) is 57.9 Å². The number of ether oxygens (including phenoxy) is 1. The van der Waals surface area contributed by atoms with Gasteiger partial charge in [0.15, 0.2) is 0 Å². The SMILES string of the molecule is CCNC1CCCCC1CCc1ccc2c(c1)CCO2. The van der Waals surface area contributed by atoms with Gasteiger partial charge in [-0.25, -0.2) is 0 Å². The number of benzene rings is 1. The highest BCUT2D eigenvalue weighted by atomic mass is 16.5. The van der Waals surface area contributed by atoms with Gasteiger partial charge in [-0.3, -0.25) is 0 Å². The van der Waals surface area contributed by atoms with Crippen molar-refractivity contribution < 1.29 is 4.74 Å². The summed E-state index contributed by atoms with van der Waals surface area (Å²) < 4.78 is 5.59. The van der Waals surface area contributed by atoms with Crippen molar-refractivity contribution >= 4 is 0 Å². The molecule has 0 saturated heterocycles. The fourth-order valence-electron chi connectivity index (χ4n) is 3.83. The monoisotopic (exact) mass is 273 g/mol. The minimum atomic E-state index is 0.756. The molecule has 1 aromatic carbocycles. The lowest BCUT2D eigenvalue weighted by Gasteiger charge is -2.32. The van der Waals surface area contributed by atoms with E-state index in [1.165, 1.54) is 49.7 Å². The lowest BCUT2D eigenvalue weighted by Crippen LogP contribution is -2.38. The fraction of sp³-hybridized carbons (Fsp3) is 0.667. The molecule has 1 N–H and O–H groups in total. The molecule has 1 heterocycles. The molecule has 0 radical (unpaired) electrons. The van der Waals surface area contributed by atoms with Gasteiger partial charge in [-0.2, -0.15) is 0 Å². The van der Waals surface area contributed by atoms with E-state index in [1.54, 1.807) is 0 Å². The summed E-state index contributed by atoms with van der Waals surface area (Å²) in [7, 11) is 0. The van der Waals surface area contributed by atoms with E-state index < -0.39 is 0 Å². The second kappa shape index (κ2) is 6.62. The van der Waals surface area contributed by atoms with Crippen molar-refractivity contribution in [3.05, 3.63) is 29.3 Å². The third kappa shape index (κ3) is 3.17. The smallest absolute Gasteiger partial charge is 0.122 e. The number of aryl methyl sites for hydroxylation is 1. The van der Waals surface area contributed by atoms with Crippen LogP contribution in [0.25, 0.3) is 0 Å². The molecule has 0 aromatic heterocycles. The minimum absolute atomic E-state index is 0.756. The van der Waals surface area contributed by atoms with Crippen LogP contribution in [0.5, 0.6) is 5.75 Å². The zero-order valence-corrected chi connectivity index (χ0v) is 12.7. The Hall–Kier alpha value is -1.02. The molecule has 1 aromatic rings. The summed E-state index contributed by atoms with van der Waals surface area (Å²) in [5, 5.41) is 3.69. The minimum Gasteiger partial charge on any atom is -0.493 e. The molecular formula is C18H27NO. The predicted molar refractivity (Wildman–Crippen MR) is 83.4 cm³/mol. The van der Waals surface area contributed by atoms with Crippen LogP contribution in [0.15, 0.2) is 18.2 Å². The van der Waals surface area contributed by atoms with Gasteiger partial charge in [0, 0.05) is 12.5 Å². The lowest BCUT2D eigenvalue weighted by atomic mass is 9.81. The summed E-state index contributed by atoms with van der Waals surface area (Å²) in [6.07, 6.45) is 9.25. The first-order chi connectivity index (χ1) is 9.86. The van der Waals surface area contributed by atoms with Crippen molar-refractivity contribution in [2.75, 3.05) is 13.2 Å². The molecule has 3 rings (SSSR count). The Morgan fingerprint density at radius 2 is 2.15 bits per heavy atom. The topological polar surface area (TPSA) is 21.3 Å². The Kier molecular flexibility index (Phi) is 4.62. The van der Waals surface area contributed by atoms with E-state index in [4.69, 9.17) is 4.74 Å². The number of rotatable bonds is 5. The molecule has 0 amide bonds. The van der Waals surface area contributed by atoms with Gasteiger partial charge in [0.25, 0.3) is 0 Å². The van der Waals surface area contributed by atoms with Gasteiger partial charge in [-0.15, -0.1) is 0 Å². The lowest BCUT2D eigenvalue weighted by molar-refractivity contribution is 0.252. The van der Waals surface area contributed by atoms with Crippen molar-refractivity contribution in [3.63, 3.8) is 0 Å². The quantitative estimate of drug-likeness (QED) is 0.883. The van der Waals surface area contributed by atoms with Crippen molar-refractivity contribution in [3.8, 4) is 5.75 Å². The van der Waals surface area contributed by atoms with Crippen LogP contribution < -0.4 is 10.1 Å². The molecule has 1 aliphatic carbocycles. The van der Waals surface area contributed by atoms with Crippen molar-refractivity contribution in [1.29, 1.82) is 0 Å². The molecule has 1 fully saturated rings. The van der Waals surface area contributed by atoms with Gasteiger partial charge >= 0.3 is 0 Å². The van der Waals surface area contributed by atoms with E-state index in [1.807, 2.05) is 0 Å². The average Bonchev–Trinajstić information content (AvgIpc) is 2.94. The first kappa shape index (κ1) is 13.9. The van der Waals surface area contributed by atoms with Crippen LogP contribution >= 0.6 is 0 Å². The fourth-order valence-corrected chi connectivity index (χ4v) is 3.83. The van der Waals surface area contributed by atoms with E-state index in [9.17, 15) is 0 Å². The summed E-state index contributed by atoms with van der Waals surface area (Å²) in [5.41, 5.74) is 2.91. The highest BCUT2D eigenvalue weighted by molar-refractivity contribution is 5.39. The first-order valence-electron chi connectivity index (χ1n) is 8.35. The molecule has 1 saturated carbocycles. The third-order valence-electron chi connectivity index (χ3n) is 4.93. The maximum absolute atomic E-state index is 5.59.